The molecule has 1 aromatic heterocycles. The molecule has 1 unspecified atom stereocenters. The van der Waals surface area contributed by atoms with Crippen LogP contribution >= 0.6 is 0 Å². The first-order valence-electron chi connectivity index (χ1n) is 8.03. The molecule has 0 saturated carbocycles. The van der Waals surface area contributed by atoms with Crippen LogP contribution in [-0.4, -0.2) is 45.0 Å². The minimum Gasteiger partial charge on any atom is -0.356 e. The molecule has 1 heterocycles. The number of rotatable bonds is 6. The number of nitrogens with one attached hydrogen (secondary N) is 2. The van der Waals surface area contributed by atoms with Crippen LogP contribution in [0.4, 0.5) is 10.2 Å². The lowest BCUT2D eigenvalue weighted by molar-refractivity contribution is -0.119. The summed E-state index contributed by atoms with van der Waals surface area (Å²) in [5.41, 5.74) is 1.11. The van der Waals surface area contributed by atoms with Crippen LogP contribution in [-0.2, 0) is 11.2 Å². The lowest BCUT2D eigenvalue weighted by Crippen LogP contribution is -2.39. The van der Waals surface area contributed by atoms with E-state index in [0.29, 0.717) is 17.0 Å². The lowest BCUT2D eigenvalue weighted by atomic mass is 9.83. The molecule has 1 aromatic carbocycles. The number of hydroxylamine groups is 2. The number of aromatic nitrogens is 2. The average Bonchev–Trinajstić information content (AvgIpc) is 3.03. The van der Waals surface area contributed by atoms with Crippen molar-refractivity contribution < 1.29 is 23.8 Å². The first-order valence-corrected chi connectivity index (χ1v) is 8.03. The number of halogens is 1. The van der Waals surface area contributed by atoms with Gasteiger partial charge in [0.15, 0.2) is 0 Å². The highest BCUT2D eigenvalue weighted by atomic mass is 19.1. The van der Waals surface area contributed by atoms with Crippen molar-refractivity contribution in [1.82, 2.24) is 20.7 Å². The Balaban J connectivity index is 1.67. The van der Waals surface area contributed by atoms with Gasteiger partial charge in [0.05, 0.1) is 12.6 Å². The van der Waals surface area contributed by atoms with E-state index in [1.165, 1.54) is 12.1 Å². The summed E-state index contributed by atoms with van der Waals surface area (Å²) in [7, 11) is 0. The molecule has 0 fully saturated rings. The molecule has 26 heavy (non-hydrogen) atoms. The third kappa shape index (κ3) is 3.49. The van der Waals surface area contributed by atoms with E-state index in [4.69, 9.17) is 0 Å². The van der Waals surface area contributed by atoms with Crippen molar-refractivity contribution in [2.45, 2.75) is 32.4 Å². The van der Waals surface area contributed by atoms with Crippen molar-refractivity contribution >= 4 is 17.6 Å². The van der Waals surface area contributed by atoms with Crippen molar-refractivity contribution in [3.63, 3.8) is 0 Å². The van der Waals surface area contributed by atoms with Crippen LogP contribution in [0.3, 0.4) is 0 Å². The van der Waals surface area contributed by atoms with Gasteiger partial charge in [0, 0.05) is 6.04 Å². The van der Waals surface area contributed by atoms with Crippen LogP contribution in [0.5, 0.6) is 0 Å². The van der Waals surface area contributed by atoms with Gasteiger partial charge in [-0.25, -0.2) is 14.1 Å². The summed E-state index contributed by atoms with van der Waals surface area (Å²) in [4.78, 5) is 24.1. The van der Waals surface area contributed by atoms with Crippen LogP contribution in [0.25, 0.3) is 0 Å². The van der Waals surface area contributed by atoms with E-state index in [1.807, 2.05) is 13.8 Å². The van der Waals surface area contributed by atoms with Gasteiger partial charge < -0.3 is 10.6 Å². The molecule has 9 nitrogen and oxygen atoms in total. The van der Waals surface area contributed by atoms with E-state index in [2.05, 4.69) is 25.6 Å². The van der Waals surface area contributed by atoms with Gasteiger partial charge in [-0.15, -0.1) is 0 Å². The normalized spacial score (nSPS) is 15.2. The van der Waals surface area contributed by atoms with Crippen LogP contribution in [0.15, 0.2) is 22.8 Å². The Morgan fingerprint density at radius 3 is 2.92 bits per heavy atom. The number of nitrogens with zero attached hydrogens (tertiary/aromatic N) is 3. The number of hydrogen-bond donors (Lipinski definition) is 3. The van der Waals surface area contributed by atoms with Crippen molar-refractivity contribution in [3.05, 3.63) is 40.8 Å². The van der Waals surface area contributed by atoms with Crippen molar-refractivity contribution in [3.8, 4) is 0 Å². The van der Waals surface area contributed by atoms with Gasteiger partial charge in [0.1, 0.15) is 5.82 Å². The summed E-state index contributed by atoms with van der Waals surface area (Å²) in [5.74, 6) is -1.67. The van der Waals surface area contributed by atoms with Crippen LogP contribution < -0.4 is 10.6 Å². The second-order valence-corrected chi connectivity index (χ2v) is 6.25. The molecular formula is C16H18FN5O4. The smallest absolute Gasteiger partial charge is 0.303 e. The molecule has 10 heteroatoms. The minimum atomic E-state index is -0.863. The Bertz CT molecular complexity index is 838. The molecule has 0 saturated heterocycles. The van der Waals surface area contributed by atoms with Crippen LogP contribution in [0.1, 0.15) is 41.5 Å². The molecule has 3 N–H and O–H groups in total. The number of benzene rings is 1. The molecule has 2 amide bonds. The second-order valence-electron chi connectivity index (χ2n) is 6.25. The van der Waals surface area contributed by atoms with E-state index >= 15 is 0 Å². The maximum atomic E-state index is 13.4. The molecule has 138 valence electrons. The van der Waals surface area contributed by atoms with E-state index in [-0.39, 0.29) is 30.0 Å². The van der Waals surface area contributed by atoms with Gasteiger partial charge in [-0.3, -0.25) is 14.8 Å². The average molecular weight is 363 g/mol. The zero-order chi connectivity index (χ0) is 18.8. The zero-order valence-electron chi connectivity index (χ0n) is 14.2. The van der Waals surface area contributed by atoms with Crippen molar-refractivity contribution in [2.24, 2.45) is 0 Å². The Hall–Kier alpha value is -3.01. The first kappa shape index (κ1) is 17.8. The quantitative estimate of drug-likeness (QED) is 0.522. The fourth-order valence-corrected chi connectivity index (χ4v) is 2.70. The lowest BCUT2D eigenvalue weighted by Gasteiger charge is -2.35. The highest BCUT2D eigenvalue weighted by Crippen LogP contribution is 2.38. The summed E-state index contributed by atoms with van der Waals surface area (Å²) < 4.78 is 17.9. The Morgan fingerprint density at radius 2 is 2.19 bits per heavy atom. The van der Waals surface area contributed by atoms with E-state index in [9.17, 15) is 19.2 Å². The maximum absolute atomic E-state index is 13.4. The number of carbonyl (C=O) groups excluding carboxylic acids is 2. The largest absolute Gasteiger partial charge is 0.356 e. The molecule has 0 bridgehead atoms. The number of carbonyl (C=O) groups is 2. The van der Waals surface area contributed by atoms with E-state index in [1.54, 1.807) is 6.07 Å². The maximum Gasteiger partial charge on any atom is 0.303 e. The van der Waals surface area contributed by atoms with Gasteiger partial charge in [0.2, 0.25) is 17.4 Å². The topological polar surface area (TPSA) is 121 Å². The van der Waals surface area contributed by atoms with Crippen LogP contribution in [0, 0.1) is 5.82 Å². The molecule has 2 aromatic rings. The number of anilines is 1. The van der Waals surface area contributed by atoms with Gasteiger partial charge in [-0.2, -0.15) is 0 Å². The first-order chi connectivity index (χ1) is 12.4. The third-order valence-corrected chi connectivity index (χ3v) is 3.94. The molecule has 0 spiro atoms. The van der Waals surface area contributed by atoms with E-state index in [0.717, 1.165) is 5.56 Å². The molecular weight excluding hydrogens is 345 g/mol. The SMILES string of the molecule is CC(C)NC(=O)CNc1nonc1C(=O)N(O)C1Cc2ccc(F)cc21. The predicted molar refractivity (Wildman–Crippen MR) is 86.9 cm³/mol. The molecule has 3 rings (SSSR count). The van der Waals surface area contributed by atoms with Gasteiger partial charge in [-0.1, -0.05) is 6.07 Å². The van der Waals surface area contributed by atoms with E-state index < -0.39 is 17.8 Å². The van der Waals surface area contributed by atoms with Crippen molar-refractivity contribution in [1.29, 1.82) is 0 Å². The molecule has 0 aliphatic heterocycles. The third-order valence-electron chi connectivity index (χ3n) is 3.94. The Morgan fingerprint density at radius 1 is 1.42 bits per heavy atom. The van der Waals surface area contributed by atoms with Crippen LogP contribution in [0.2, 0.25) is 0 Å². The fraction of sp³-hybridized carbons (Fsp3) is 0.375. The van der Waals surface area contributed by atoms with Gasteiger partial charge >= 0.3 is 5.91 Å². The summed E-state index contributed by atoms with van der Waals surface area (Å²) in [6.45, 7) is 3.48. The summed E-state index contributed by atoms with van der Waals surface area (Å²) in [5, 5.41) is 23.0. The summed E-state index contributed by atoms with van der Waals surface area (Å²) in [6.07, 6.45) is 0.392. The molecule has 1 aliphatic rings. The second kappa shape index (κ2) is 7.08. The highest BCUT2D eigenvalue weighted by Gasteiger charge is 2.36. The number of amides is 2. The summed E-state index contributed by atoms with van der Waals surface area (Å²) in [6, 6.07) is 3.49. The number of hydrogen-bond acceptors (Lipinski definition) is 7. The molecule has 1 atom stereocenters. The predicted octanol–water partition coefficient (Wildman–Crippen LogP) is 1.27. The fourth-order valence-electron chi connectivity index (χ4n) is 2.70. The highest BCUT2D eigenvalue weighted by molar-refractivity contribution is 5.96. The zero-order valence-corrected chi connectivity index (χ0v) is 14.2. The van der Waals surface area contributed by atoms with Crippen molar-refractivity contribution in [2.75, 3.05) is 11.9 Å². The number of fused-ring (bicyclic) bond motifs is 1. The summed E-state index contributed by atoms with van der Waals surface area (Å²) >= 11 is 0. The monoisotopic (exact) mass is 363 g/mol. The standard InChI is InChI=1S/C16H18FN5O4/c1-8(2)19-13(23)7-18-15-14(20-26-21-15)16(24)22(25)12-5-9-3-4-10(17)6-11(9)12/h3-4,6,8,12,25H,5,7H2,1-2H3,(H,18,21)(H,19,23). The van der Waals surface area contributed by atoms with Gasteiger partial charge in [0.25, 0.3) is 0 Å². The van der Waals surface area contributed by atoms with Gasteiger partial charge in [-0.05, 0) is 53.8 Å². The molecule has 1 aliphatic carbocycles. The minimum absolute atomic E-state index is 0.0344. The molecule has 0 radical (unpaired) electrons. The Kier molecular flexibility index (Phi) is 4.85. The Labute approximate surface area is 148 Å².